The molecule has 1 aliphatic heterocycles. The maximum Gasteiger partial charge on any atom is 0.253 e. The van der Waals surface area contributed by atoms with Crippen molar-refractivity contribution in [3.05, 3.63) is 65.2 Å². The largest absolute Gasteiger partial charge is 0.384 e. The number of aromatic nitrogens is 1. The average Bonchev–Trinajstić information content (AvgIpc) is 3.19. The van der Waals surface area contributed by atoms with Crippen molar-refractivity contribution < 1.29 is 13.2 Å². The lowest BCUT2D eigenvalue weighted by molar-refractivity contribution is -0.134. The number of sulfonamides is 1. The number of para-hydroxylation sites is 1. The van der Waals surface area contributed by atoms with Gasteiger partial charge in [0.2, 0.25) is 5.91 Å². The summed E-state index contributed by atoms with van der Waals surface area (Å²) in [5.41, 5.74) is 7.46. The summed E-state index contributed by atoms with van der Waals surface area (Å²) >= 11 is 7.18. The Balaban J connectivity index is 1.36. The molecule has 0 saturated carbocycles. The summed E-state index contributed by atoms with van der Waals surface area (Å²) in [5.74, 6) is 0.168. The van der Waals surface area contributed by atoms with Gasteiger partial charge >= 0.3 is 0 Å². The van der Waals surface area contributed by atoms with Gasteiger partial charge in [0.05, 0.1) is 12.1 Å². The van der Waals surface area contributed by atoms with Gasteiger partial charge in [-0.2, -0.15) is 4.31 Å². The Morgan fingerprint density at radius 1 is 1.06 bits per heavy atom. The Morgan fingerprint density at radius 2 is 1.88 bits per heavy atom. The highest BCUT2D eigenvalue weighted by Crippen LogP contribution is 2.33. The second-order valence-corrected chi connectivity index (χ2v) is 11.3. The van der Waals surface area contributed by atoms with Crippen molar-refractivity contribution in [3.8, 4) is 0 Å². The number of benzene rings is 2. The van der Waals surface area contributed by atoms with Crippen LogP contribution in [-0.2, 0) is 21.4 Å². The van der Waals surface area contributed by atoms with Crippen LogP contribution in [0.4, 0.5) is 5.82 Å². The molecule has 0 unspecified atom stereocenters. The molecule has 3 heterocycles. The average molecular weight is 487 g/mol. The number of fused-ring (bicyclic) bond motifs is 2. The fourth-order valence-corrected chi connectivity index (χ4v) is 7.06. The number of nitrogens with two attached hydrogens (primary N) is 1. The van der Waals surface area contributed by atoms with E-state index in [9.17, 15) is 13.2 Å². The molecule has 7 nitrogen and oxygen atoms in total. The smallest absolute Gasteiger partial charge is 0.253 e. The van der Waals surface area contributed by atoms with Crippen molar-refractivity contribution in [1.82, 2.24) is 14.2 Å². The molecule has 0 spiro atoms. The highest BCUT2D eigenvalue weighted by molar-refractivity contribution is 7.91. The zero-order valence-corrected chi connectivity index (χ0v) is 19.3. The van der Waals surface area contributed by atoms with E-state index in [1.54, 1.807) is 35.2 Å². The number of pyridine rings is 1. The molecular formula is C22H19ClN4O3S2. The summed E-state index contributed by atoms with van der Waals surface area (Å²) in [6.45, 7) is 0.677. The SMILES string of the molecule is Nc1ccc2cccc(CN3CCN(S(=O)(=O)c4cc5ccc(Cl)cc5s4)CC3=O)c2n1. The quantitative estimate of drug-likeness (QED) is 0.474. The molecule has 32 heavy (non-hydrogen) atoms. The van der Waals surface area contributed by atoms with Crippen LogP contribution < -0.4 is 5.73 Å². The Kier molecular flexibility index (Phi) is 5.29. The summed E-state index contributed by atoms with van der Waals surface area (Å²) < 4.78 is 28.6. The second kappa shape index (κ2) is 8.00. The van der Waals surface area contributed by atoms with Crippen molar-refractivity contribution in [1.29, 1.82) is 0 Å². The van der Waals surface area contributed by atoms with E-state index in [1.807, 2.05) is 24.3 Å². The van der Waals surface area contributed by atoms with Gasteiger partial charge in [0, 0.05) is 34.7 Å². The minimum atomic E-state index is -3.77. The first kappa shape index (κ1) is 21.1. The number of thiophene rings is 1. The minimum Gasteiger partial charge on any atom is -0.384 e. The van der Waals surface area contributed by atoms with Crippen molar-refractivity contribution in [2.75, 3.05) is 25.4 Å². The van der Waals surface area contributed by atoms with Crippen LogP contribution in [0.2, 0.25) is 5.02 Å². The van der Waals surface area contributed by atoms with Gasteiger partial charge in [0.15, 0.2) is 0 Å². The zero-order chi connectivity index (χ0) is 22.5. The molecule has 2 N–H and O–H groups in total. The van der Waals surface area contributed by atoms with Gasteiger partial charge in [-0.15, -0.1) is 11.3 Å². The lowest BCUT2D eigenvalue weighted by Crippen LogP contribution is -2.51. The van der Waals surface area contributed by atoms with E-state index in [1.165, 1.54) is 4.31 Å². The Morgan fingerprint density at radius 3 is 2.69 bits per heavy atom. The Bertz CT molecular complexity index is 1470. The van der Waals surface area contributed by atoms with Crippen LogP contribution in [0.15, 0.2) is 58.8 Å². The maximum absolute atomic E-state index is 13.2. The standard InChI is InChI=1S/C22H19ClN4O3S2/c23-17-6-4-15-10-21(31-18(15)11-17)32(29,30)27-9-8-26(20(28)13-27)12-16-3-1-2-14-5-7-19(24)25-22(14)16/h1-7,10-11H,8-9,12-13H2,(H2,24,25). The molecule has 0 atom stereocenters. The van der Waals surface area contributed by atoms with E-state index in [0.29, 0.717) is 23.9 Å². The number of halogens is 1. The van der Waals surface area contributed by atoms with Crippen molar-refractivity contribution in [2.45, 2.75) is 10.8 Å². The number of anilines is 1. The number of piperazine rings is 1. The Hall–Kier alpha value is -2.72. The number of nitrogen functional groups attached to an aromatic ring is 1. The van der Waals surface area contributed by atoms with Gasteiger partial charge in [-0.25, -0.2) is 13.4 Å². The van der Waals surface area contributed by atoms with E-state index in [0.717, 1.165) is 37.9 Å². The van der Waals surface area contributed by atoms with Crippen LogP contribution in [-0.4, -0.2) is 48.1 Å². The molecule has 10 heteroatoms. The van der Waals surface area contributed by atoms with E-state index in [4.69, 9.17) is 17.3 Å². The van der Waals surface area contributed by atoms with Crippen molar-refractivity contribution in [3.63, 3.8) is 0 Å². The molecule has 1 fully saturated rings. The van der Waals surface area contributed by atoms with Gasteiger partial charge in [-0.05, 0) is 41.3 Å². The normalized spacial score (nSPS) is 15.7. The molecule has 2 aromatic carbocycles. The van der Waals surface area contributed by atoms with Crippen molar-refractivity contribution >= 4 is 65.7 Å². The topological polar surface area (TPSA) is 96.6 Å². The highest BCUT2D eigenvalue weighted by atomic mass is 35.5. The van der Waals surface area contributed by atoms with E-state index in [-0.39, 0.29) is 23.2 Å². The molecular weight excluding hydrogens is 468 g/mol. The van der Waals surface area contributed by atoms with Gasteiger partial charge in [-0.1, -0.05) is 35.9 Å². The molecule has 1 amide bonds. The molecule has 4 aromatic rings. The van der Waals surface area contributed by atoms with Crippen LogP contribution in [0.3, 0.4) is 0 Å². The van der Waals surface area contributed by atoms with Crippen LogP contribution in [0.5, 0.6) is 0 Å². The summed E-state index contributed by atoms with van der Waals surface area (Å²) in [6, 6.07) is 16.3. The molecule has 0 radical (unpaired) electrons. The van der Waals surface area contributed by atoms with Crippen LogP contribution >= 0.6 is 22.9 Å². The summed E-state index contributed by atoms with van der Waals surface area (Å²) in [6.07, 6.45) is 0. The van der Waals surface area contributed by atoms with Crippen LogP contribution in [0.1, 0.15) is 5.56 Å². The first-order valence-electron chi connectivity index (χ1n) is 9.92. The monoisotopic (exact) mass is 486 g/mol. The van der Waals surface area contributed by atoms with Gasteiger partial charge in [0.25, 0.3) is 10.0 Å². The van der Waals surface area contributed by atoms with E-state index < -0.39 is 10.0 Å². The number of hydrogen-bond acceptors (Lipinski definition) is 6. The minimum absolute atomic E-state index is 0.197. The van der Waals surface area contributed by atoms with Gasteiger partial charge in [-0.3, -0.25) is 4.79 Å². The maximum atomic E-state index is 13.2. The summed E-state index contributed by atoms with van der Waals surface area (Å²) in [4.78, 5) is 18.9. The summed E-state index contributed by atoms with van der Waals surface area (Å²) in [5, 5.41) is 2.30. The van der Waals surface area contributed by atoms with Crippen LogP contribution in [0.25, 0.3) is 21.0 Å². The van der Waals surface area contributed by atoms with E-state index >= 15 is 0 Å². The number of carbonyl (C=O) groups is 1. The first-order valence-corrected chi connectivity index (χ1v) is 12.6. The van der Waals surface area contributed by atoms with Crippen LogP contribution in [0, 0.1) is 0 Å². The molecule has 1 aliphatic rings. The lowest BCUT2D eigenvalue weighted by Gasteiger charge is -2.33. The summed E-state index contributed by atoms with van der Waals surface area (Å²) in [7, 11) is -3.77. The van der Waals surface area contributed by atoms with Gasteiger partial charge in [0.1, 0.15) is 10.0 Å². The first-order chi connectivity index (χ1) is 15.3. The van der Waals surface area contributed by atoms with Crippen molar-refractivity contribution in [2.24, 2.45) is 0 Å². The second-order valence-electron chi connectivity index (χ2n) is 7.63. The predicted molar refractivity (Wildman–Crippen MR) is 127 cm³/mol. The highest BCUT2D eigenvalue weighted by Gasteiger charge is 2.34. The number of nitrogens with zero attached hydrogens (tertiary/aromatic N) is 3. The van der Waals surface area contributed by atoms with Gasteiger partial charge < -0.3 is 10.6 Å². The number of carbonyl (C=O) groups excluding carboxylic acids is 1. The molecule has 1 saturated heterocycles. The van der Waals surface area contributed by atoms with E-state index in [2.05, 4.69) is 4.98 Å². The lowest BCUT2D eigenvalue weighted by atomic mass is 10.1. The molecule has 0 aliphatic carbocycles. The third-order valence-electron chi connectivity index (χ3n) is 5.52. The molecule has 164 valence electrons. The molecule has 5 rings (SSSR count). The number of hydrogen-bond donors (Lipinski definition) is 1. The molecule has 2 aromatic heterocycles. The fourth-order valence-electron chi connectivity index (χ4n) is 3.85. The zero-order valence-electron chi connectivity index (χ0n) is 16.9. The fraction of sp³-hybridized carbons (Fsp3) is 0.182. The Labute approximate surface area is 194 Å². The number of rotatable bonds is 4. The predicted octanol–water partition coefficient (Wildman–Crippen LogP) is 3.72. The number of amides is 1. The molecule has 0 bridgehead atoms. The third kappa shape index (κ3) is 3.81. The third-order valence-corrected chi connectivity index (χ3v) is 9.15.